The zero-order valence-electron chi connectivity index (χ0n) is 19.4. The molecule has 0 unspecified atom stereocenters. The van der Waals surface area contributed by atoms with E-state index in [1.165, 1.54) is 11.3 Å². The van der Waals surface area contributed by atoms with E-state index in [2.05, 4.69) is 67.5 Å². The summed E-state index contributed by atoms with van der Waals surface area (Å²) >= 11 is 0. The van der Waals surface area contributed by atoms with Crippen LogP contribution in [-0.4, -0.2) is 68.3 Å². The van der Waals surface area contributed by atoms with Gasteiger partial charge in [0.2, 0.25) is 0 Å². The summed E-state index contributed by atoms with van der Waals surface area (Å²) in [7, 11) is 0. The molecule has 0 aliphatic carbocycles. The number of nitrogens with zero attached hydrogens (tertiary/aromatic N) is 4. The van der Waals surface area contributed by atoms with Crippen molar-refractivity contribution in [2.45, 2.75) is 6.54 Å². The van der Waals surface area contributed by atoms with Crippen molar-refractivity contribution in [3.8, 4) is 0 Å². The zero-order chi connectivity index (χ0) is 23.2. The summed E-state index contributed by atoms with van der Waals surface area (Å²) in [5.74, 6) is 0.574. The van der Waals surface area contributed by atoms with Gasteiger partial charge in [0.1, 0.15) is 5.82 Å². The number of anilines is 3. The minimum atomic E-state index is -0.142. The Balaban J connectivity index is 1.17. The Labute approximate surface area is 201 Å². The highest BCUT2D eigenvalue weighted by molar-refractivity contribution is 6.07. The van der Waals surface area contributed by atoms with Crippen LogP contribution in [0.2, 0.25) is 0 Å². The van der Waals surface area contributed by atoms with Gasteiger partial charge in [0, 0.05) is 63.4 Å². The van der Waals surface area contributed by atoms with Gasteiger partial charge in [-0.15, -0.1) is 0 Å². The fourth-order valence-corrected chi connectivity index (χ4v) is 4.56. The molecule has 0 radical (unpaired) electrons. The van der Waals surface area contributed by atoms with Gasteiger partial charge in [-0.05, 0) is 42.0 Å². The number of pyridine rings is 1. The Bertz CT molecular complexity index is 1080. The second-order valence-electron chi connectivity index (χ2n) is 8.72. The molecule has 2 aromatic carbocycles. The first kappa shape index (κ1) is 22.4. The summed E-state index contributed by atoms with van der Waals surface area (Å²) < 4.78 is 5.43. The lowest BCUT2D eigenvalue weighted by Gasteiger charge is -2.36. The lowest BCUT2D eigenvalue weighted by Crippen LogP contribution is -2.45. The number of aromatic nitrogens is 1. The molecule has 3 heterocycles. The third-order valence-corrected chi connectivity index (χ3v) is 6.45. The summed E-state index contributed by atoms with van der Waals surface area (Å²) in [5.41, 5.74) is 3.92. The van der Waals surface area contributed by atoms with E-state index in [0.29, 0.717) is 24.6 Å². The van der Waals surface area contributed by atoms with Gasteiger partial charge >= 0.3 is 0 Å². The standard InChI is InChI=1S/C27H31N5O2/c33-27(25-7-4-12-28-26(25)32-17-19-34-20-18-32)29-23-8-10-24(11-9-23)31-15-13-30(14-16-31)21-22-5-2-1-3-6-22/h1-12H,13-21H2,(H,29,33). The molecule has 1 amide bonds. The van der Waals surface area contributed by atoms with Crippen molar-refractivity contribution < 1.29 is 9.53 Å². The van der Waals surface area contributed by atoms with Crippen LogP contribution in [0, 0.1) is 0 Å². The molecule has 176 valence electrons. The molecule has 0 saturated carbocycles. The van der Waals surface area contributed by atoms with Gasteiger partial charge in [0.05, 0.1) is 18.8 Å². The third-order valence-electron chi connectivity index (χ3n) is 6.45. The summed E-state index contributed by atoms with van der Waals surface area (Å²) in [4.78, 5) is 24.5. The van der Waals surface area contributed by atoms with Crippen molar-refractivity contribution in [3.05, 3.63) is 84.1 Å². The Kier molecular flexibility index (Phi) is 7.02. The van der Waals surface area contributed by atoms with E-state index in [9.17, 15) is 4.79 Å². The third kappa shape index (κ3) is 5.38. The van der Waals surface area contributed by atoms with Crippen molar-refractivity contribution in [1.82, 2.24) is 9.88 Å². The number of rotatable bonds is 6. The van der Waals surface area contributed by atoms with Crippen molar-refractivity contribution in [2.75, 3.05) is 67.6 Å². The van der Waals surface area contributed by atoms with Crippen LogP contribution in [0.4, 0.5) is 17.2 Å². The normalized spacial score (nSPS) is 16.9. The van der Waals surface area contributed by atoms with Crippen LogP contribution in [0.1, 0.15) is 15.9 Å². The van der Waals surface area contributed by atoms with Crippen molar-refractivity contribution in [3.63, 3.8) is 0 Å². The number of benzene rings is 2. The number of hydrogen-bond donors (Lipinski definition) is 1. The van der Waals surface area contributed by atoms with Crippen molar-refractivity contribution in [2.24, 2.45) is 0 Å². The number of piperazine rings is 1. The number of nitrogens with one attached hydrogen (secondary N) is 1. The molecular weight excluding hydrogens is 426 g/mol. The summed E-state index contributed by atoms with van der Waals surface area (Å²) in [6, 6.07) is 22.4. The average molecular weight is 458 g/mol. The number of carbonyl (C=O) groups excluding carboxylic acids is 1. The monoisotopic (exact) mass is 457 g/mol. The Hall–Kier alpha value is -3.42. The molecule has 34 heavy (non-hydrogen) atoms. The highest BCUT2D eigenvalue weighted by atomic mass is 16.5. The van der Waals surface area contributed by atoms with E-state index in [-0.39, 0.29) is 5.91 Å². The minimum Gasteiger partial charge on any atom is -0.378 e. The molecule has 3 aromatic rings. The average Bonchev–Trinajstić information content (AvgIpc) is 2.91. The topological polar surface area (TPSA) is 60.9 Å². The molecule has 2 fully saturated rings. The van der Waals surface area contributed by atoms with Gasteiger partial charge in [-0.3, -0.25) is 9.69 Å². The Morgan fingerprint density at radius 3 is 2.29 bits per heavy atom. The van der Waals surface area contributed by atoms with E-state index in [4.69, 9.17) is 4.74 Å². The fraction of sp³-hybridized carbons (Fsp3) is 0.333. The highest BCUT2D eigenvalue weighted by Gasteiger charge is 2.21. The Morgan fingerprint density at radius 1 is 0.824 bits per heavy atom. The van der Waals surface area contributed by atoms with Crippen LogP contribution < -0.4 is 15.1 Å². The van der Waals surface area contributed by atoms with E-state index >= 15 is 0 Å². The molecular formula is C27H31N5O2. The molecule has 1 aromatic heterocycles. The van der Waals surface area contributed by atoms with Crippen LogP contribution in [0.5, 0.6) is 0 Å². The predicted octanol–water partition coefficient (Wildman–Crippen LogP) is 3.49. The van der Waals surface area contributed by atoms with Crippen LogP contribution in [0.15, 0.2) is 72.9 Å². The molecule has 2 saturated heterocycles. The lowest BCUT2D eigenvalue weighted by molar-refractivity contribution is 0.102. The molecule has 2 aliphatic rings. The lowest BCUT2D eigenvalue weighted by atomic mass is 10.1. The molecule has 0 bridgehead atoms. The summed E-state index contributed by atoms with van der Waals surface area (Å²) in [5, 5.41) is 3.04. The molecule has 0 spiro atoms. The number of amides is 1. The van der Waals surface area contributed by atoms with Gasteiger partial charge in [0.15, 0.2) is 0 Å². The first-order chi connectivity index (χ1) is 16.8. The Morgan fingerprint density at radius 2 is 1.56 bits per heavy atom. The van der Waals surface area contributed by atoms with Crippen LogP contribution in [0.25, 0.3) is 0 Å². The number of hydrogen-bond acceptors (Lipinski definition) is 6. The first-order valence-electron chi connectivity index (χ1n) is 12.0. The van der Waals surface area contributed by atoms with E-state index < -0.39 is 0 Å². The van der Waals surface area contributed by atoms with E-state index in [1.807, 2.05) is 18.2 Å². The SMILES string of the molecule is O=C(Nc1ccc(N2CCN(Cc3ccccc3)CC2)cc1)c1cccnc1N1CCOCC1. The molecule has 1 N–H and O–H groups in total. The smallest absolute Gasteiger partial charge is 0.259 e. The molecule has 0 atom stereocenters. The molecule has 7 nitrogen and oxygen atoms in total. The van der Waals surface area contributed by atoms with Crippen LogP contribution in [0.3, 0.4) is 0 Å². The maximum Gasteiger partial charge on any atom is 0.259 e. The van der Waals surface area contributed by atoms with Gasteiger partial charge < -0.3 is 19.9 Å². The van der Waals surface area contributed by atoms with E-state index in [1.54, 1.807) is 12.3 Å². The fourth-order valence-electron chi connectivity index (χ4n) is 4.56. The largest absolute Gasteiger partial charge is 0.378 e. The van der Waals surface area contributed by atoms with Crippen molar-refractivity contribution >= 4 is 23.1 Å². The first-order valence-corrected chi connectivity index (χ1v) is 12.0. The zero-order valence-corrected chi connectivity index (χ0v) is 19.4. The molecule has 7 heteroatoms. The number of ether oxygens (including phenoxy) is 1. The second-order valence-corrected chi connectivity index (χ2v) is 8.72. The predicted molar refractivity (Wildman–Crippen MR) is 136 cm³/mol. The van der Waals surface area contributed by atoms with Gasteiger partial charge in [-0.2, -0.15) is 0 Å². The highest BCUT2D eigenvalue weighted by Crippen LogP contribution is 2.23. The molecule has 2 aliphatic heterocycles. The maximum absolute atomic E-state index is 13.0. The number of carbonyl (C=O) groups is 1. The van der Waals surface area contributed by atoms with Gasteiger partial charge in [0.25, 0.3) is 5.91 Å². The van der Waals surface area contributed by atoms with E-state index in [0.717, 1.165) is 51.5 Å². The van der Waals surface area contributed by atoms with Crippen molar-refractivity contribution in [1.29, 1.82) is 0 Å². The summed E-state index contributed by atoms with van der Waals surface area (Å²) in [6.07, 6.45) is 1.73. The summed E-state index contributed by atoms with van der Waals surface area (Å²) in [6.45, 7) is 7.86. The second kappa shape index (κ2) is 10.7. The quantitative estimate of drug-likeness (QED) is 0.612. The van der Waals surface area contributed by atoms with Gasteiger partial charge in [-0.25, -0.2) is 4.98 Å². The molecule has 5 rings (SSSR count). The van der Waals surface area contributed by atoms with Gasteiger partial charge in [-0.1, -0.05) is 30.3 Å². The minimum absolute atomic E-state index is 0.142. The van der Waals surface area contributed by atoms with Crippen LogP contribution >= 0.6 is 0 Å². The maximum atomic E-state index is 13.0. The number of morpholine rings is 1. The van der Waals surface area contributed by atoms with Crippen LogP contribution in [-0.2, 0) is 11.3 Å².